The number of anilines is 1. The molecule has 0 unspecified atom stereocenters. The molecule has 6 nitrogen and oxygen atoms in total. The molecule has 112 valence electrons. The summed E-state index contributed by atoms with van der Waals surface area (Å²) in [6.07, 6.45) is 3.57. The van der Waals surface area contributed by atoms with Gasteiger partial charge in [-0.1, -0.05) is 29.2 Å². The third-order valence-electron chi connectivity index (χ3n) is 2.20. The Morgan fingerprint density at radius 1 is 1.38 bits per heavy atom. The summed E-state index contributed by atoms with van der Waals surface area (Å²) in [4.78, 5) is 15.8. The van der Waals surface area contributed by atoms with E-state index < -0.39 is 0 Å². The van der Waals surface area contributed by atoms with Crippen molar-refractivity contribution in [2.24, 2.45) is 0 Å². The van der Waals surface area contributed by atoms with Gasteiger partial charge in [-0.05, 0) is 32.4 Å². The van der Waals surface area contributed by atoms with E-state index in [-0.39, 0.29) is 11.6 Å². The SMILES string of the molecule is CC(C)(C)NC(=O)Nc1nnc(SCc2cccnc2)s1. The summed E-state index contributed by atoms with van der Waals surface area (Å²) in [5.74, 6) is 0.774. The first-order chi connectivity index (χ1) is 9.92. The molecule has 0 saturated heterocycles. The van der Waals surface area contributed by atoms with Crippen molar-refractivity contribution >= 4 is 34.3 Å². The van der Waals surface area contributed by atoms with Crippen molar-refractivity contribution in [2.75, 3.05) is 5.32 Å². The summed E-state index contributed by atoms with van der Waals surface area (Å²) in [5.41, 5.74) is 0.838. The third kappa shape index (κ3) is 5.68. The van der Waals surface area contributed by atoms with Crippen LogP contribution in [0, 0.1) is 0 Å². The lowest BCUT2D eigenvalue weighted by Crippen LogP contribution is -2.43. The normalized spacial score (nSPS) is 11.2. The second-order valence-corrected chi connectivity index (χ2v) is 7.55. The van der Waals surface area contributed by atoms with Crippen LogP contribution in [0.25, 0.3) is 0 Å². The number of aromatic nitrogens is 3. The second-order valence-electron chi connectivity index (χ2n) is 5.35. The predicted octanol–water partition coefficient (Wildman–Crippen LogP) is 3.15. The van der Waals surface area contributed by atoms with Crippen LogP contribution in [-0.4, -0.2) is 26.8 Å². The minimum Gasteiger partial charge on any atom is -0.333 e. The van der Waals surface area contributed by atoms with Crippen molar-refractivity contribution in [1.82, 2.24) is 20.5 Å². The number of hydrogen-bond acceptors (Lipinski definition) is 6. The Labute approximate surface area is 131 Å². The number of nitrogens with one attached hydrogen (secondary N) is 2. The van der Waals surface area contributed by atoms with Gasteiger partial charge in [0.2, 0.25) is 5.13 Å². The molecule has 0 aliphatic heterocycles. The van der Waals surface area contributed by atoms with Gasteiger partial charge in [0.25, 0.3) is 0 Å². The molecule has 0 radical (unpaired) electrons. The first-order valence-electron chi connectivity index (χ1n) is 6.37. The maximum atomic E-state index is 11.7. The van der Waals surface area contributed by atoms with Gasteiger partial charge in [-0.25, -0.2) is 4.79 Å². The molecule has 21 heavy (non-hydrogen) atoms. The molecule has 0 atom stereocenters. The number of pyridine rings is 1. The predicted molar refractivity (Wildman–Crippen MR) is 85.6 cm³/mol. The number of urea groups is 1. The van der Waals surface area contributed by atoms with Gasteiger partial charge in [-0.15, -0.1) is 10.2 Å². The number of rotatable bonds is 4. The van der Waals surface area contributed by atoms with E-state index in [0.717, 1.165) is 15.7 Å². The molecule has 0 aliphatic rings. The minimum absolute atomic E-state index is 0.276. The molecule has 2 aromatic heterocycles. The highest BCUT2D eigenvalue weighted by Crippen LogP contribution is 2.28. The Morgan fingerprint density at radius 2 is 2.19 bits per heavy atom. The first-order valence-corrected chi connectivity index (χ1v) is 8.17. The van der Waals surface area contributed by atoms with Gasteiger partial charge >= 0.3 is 6.03 Å². The smallest absolute Gasteiger partial charge is 0.321 e. The molecule has 2 amide bonds. The lowest BCUT2D eigenvalue weighted by atomic mass is 10.1. The van der Waals surface area contributed by atoms with Crippen LogP contribution in [-0.2, 0) is 5.75 Å². The highest BCUT2D eigenvalue weighted by molar-refractivity contribution is 8.00. The zero-order chi connectivity index (χ0) is 15.3. The van der Waals surface area contributed by atoms with Gasteiger partial charge in [0.15, 0.2) is 4.34 Å². The summed E-state index contributed by atoms with van der Waals surface area (Å²) in [5, 5.41) is 14.0. The Hall–Kier alpha value is -1.67. The van der Waals surface area contributed by atoms with Crippen molar-refractivity contribution in [3.63, 3.8) is 0 Å². The minimum atomic E-state index is -0.285. The van der Waals surface area contributed by atoms with Crippen LogP contribution in [0.2, 0.25) is 0 Å². The van der Waals surface area contributed by atoms with E-state index in [4.69, 9.17) is 0 Å². The standard InChI is InChI=1S/C13H17N5OS2/c1-13(2,3)16-10(19)15-11-17-18-12(21-11)20-8-9-5-4-6-14-7-9/h4-7H,8H2,1-3H3,(H2,15,16,17,19). The topological polar surface area (TPSA) is 79.8 Å². The highest BCUT2D eigenvalue weighted by atomic mass is 32.2. The Balaban J connectivity index is 1.85. The number of amides is 2. The first kappa shape index (κ1) is 15.7. The van der Waals surface area contributed by atoms with E-state index in [1.54, 1.807) is 18.0 Å². The molecule has 2 rings (SSSR count). The lowest BCUT2D eigenvalue weighted by molar-refractivity contribution is 0.244. The number of carbonyl (C=O) groups is 1. The molecule has 0 aromatic carbocycles. The summed E-state index contributed by atoms with van der Waals surface area (Å²) in [6, 6.07) is 3.64. The molecule has 0 bridgehead atoms. The quantitative estimate of drug-likeness (QED) is 0.667. The number of hydrogen-bond donors (Lipinski definition) is 2. The Kier molecular flexibility index (Phi) is 5.13. The fourth-order valence-corrected chi connectivity index (χ4v) is 3.10. The molecule has 0 fully saturated rings. The summed E-state index contributed by atoms with van der Waals surface area (Å²) < 4.78 is 0.810. The fourth-order valence-electron chi connectivity index (χ4n) is 1.42. The van der Waals surface area contributed by atoms with E-state index in [9.17, 15) is 4.79 Å². The molecule has 0 saturated carbocycles. The van der Waals surface area contributed by atoms with Crippen molar-refractivity contribution in [3.8, 4) is 0 Å². The summed E-state index contributed by atoms with van der Waals surface area (Å²) in [7, 11) is 0. The molecule has 0 aliphatic carbocycles. The number of nitrogens with zero attached hydrogens (tertiary/aromatic N) is 3. The second kappa shape index (κ2) is 6.86. The van der Waals surface area contributed by atoms with Gasteiger partial charge in [-0.3, -0.25) is 10.3 Å². The van der Waals surface area contributed by atoms with E-state index in [1.165, 1.54) is 11.3 Å². The summed E-state index contributed by atoms with van der Waals surface area (Å²) >= 11 is 2.92. The highest BCUT2D eigenvalue weighted by Gasteiger charge is 2.15. The van der Waals surface area contributed by atoms with Gasteiger partial charge in [0, 0.05) is 23.7 Å². The van der Waals surface area contributed by atoms with E-state index >= 15 is 0 Å². The molecule has 2 N–H and O–H groups in total. The van der Waals surface area contributed by atoms with Gasteiger partial charge < -0.3 is 5.32 Å². The third-order valence-corrected chi connectivity index (χ3v) is 4.24. The maximum absolute atomic E-state index is 11.7. The zero-order valence-electron chi connectivity index (χ0n) is 12.1. The van der Waals surface area contributed by atoms with Crippen LogP contribution in [0.1, 0.15) is 26.3 Å². The molecule has 8 heteroatoms. The van der Waals surface area contributed by atoms with Crippen molar-refractivity contribution in [1.29, 1.82) is 0 Å². The fraction of sp³-hybridized carbons (Fsp3) is 0.385. The van der Waals surface area contributed by atoms with Crippen LogP contribution < -0.4 is 10.6 Å². The van der Waals surface area contributed by atoms with Crippen molar-refractivity contribution in [3.05, 3.63) is 30.1 Å². The van der Waals surface area contributed by atoms with Crippen LogP contribution in [0.3, 0.4) is 0 Å². The molecular formula is C13H17N5OS2. The molecule has 0 spiro atoms. The largest absolute Gasteiger partial charge is 0.333 e. The van der Waals surface area contributed by atoms with Gasteiger partial charge in [0.1, 0.15) is 0 Å². The number of thioether (sulfide) groups is 1. The maximum Gasteiger partial charge on any atom is 0.321 e. The van der Waals surface area contributed by atoms with E-state index in [2.05, 4.69) is 25.8 Å². The van der Waals surface area contributed by atoms with E-state index in [1.807, 2.05) is 39.1 Å². The molecule has 2 aromatic rings. The van der Waals surface area contributed by atoms with Crippen LogP contribution >= 0.6 is 23.1 Å². The van der Waals surface area contributed by atoms with Crippen LogP contribution in [0.4, 0.5) is 9.93 Å². The van der Waals surface area contributed by atoms with Crippen molar-refractivity contribution in [2.45, 2.75) is 36.4 Å². The summed E-state index contributed by atoms with van der Waals surface area (Å²) in [6.45, 7) is 5.76. The molecular weight excluding hydrogens is 306 g/mol. The van der Waals surface area contributed by atoms with Crippen molar-refractivity contribution < 1.29 is 4.79 Å². The average molecular weight is 323 g/mol. The average Bonchev–Trinajstić information content (AvgIpc) is 2.83. The lowest BCUT2D eigenvalue weighted by Gasteiger charge is -2.19. The zero-order valence-corrected chi connectivity index (χ0v) is 13.7. The number of carbonyl (C=O) groups excluding carboxylic acids is 1. The van der Waals surface area contributed by atoms with E-state index in [0.29, 0.717) is 5.13 Å². The molecule has 2 heterocycles. The monoisotopic (exact) mass is 323 g/mol. The van der Waals surface area contributed by atoms with Crippen LogP contribution in [0.5, 0.6) is 0 Å². The van der Waals surface area contributed by atoms with Gasteiger partial charge in [0.05, 0.1) is 0 Å². The van der Waals surface area contributed by atoms with Crippen LogP contribution in [0.15, 0.2) is 28.9 Å². The Bertz CT molecular complexity index is 594. The van der Waals surface area contributed by atoms with Gasteiger partial charge in [-0.2, -0.15) is 0 Å². The Morgan fingerprint density at radius 3 is 2.86 bits per heavy atom.